The molecule has 32 heavy (non-hydrogen) atoms. The van der Waals surface area contributed by atoms with Crippen molar-refractivity contribution in [1.29, 1.82) is 0 Å². The highest BCUT2D eigenvalue weighted by atomic mass is 32.1. The topological polar surface area (TPSA) is 105 Å². The molecule has 0 bridgehead atoms. The molecule has 0 spiro atoms. The molecule has 3 heterocycles. The van der Waals surface area contributed by atoms with Crippen molar-refractivity contribution >= 4 is 29.1 Å². The van der Waals surface area contributed by atoms with Crippen molar-refractivity contribution in [3.63, 3.8) is 0 Å². The predicted molar refractivity (Wildman–Crippen MR) is 119 cm³/mol. The number of carbonyl (C=O) groups excluding carboxylic acids is 2. The van der Waals surface area contributed by atoms with E-state index >= 15 is 0 Å². The minimum atomic E-state index is -0.988. The van der Waals surface area contributed by atoms with E-state index in [1.165, 1.54) is 16.9 Å². The molecule has 166 valence electrons. The number of nitrogens with zero attached hydrogens (tertiary/aromatic N) is 3. The number of aromatic nitrogens is 2. The van der Waals surface area contributed by atoms with Gasteiger partial charge in [0.1, 0.15) is 6.04 Å². The van der Waals surface area contributed by atoms with Crippen molar-refractivity contribution in [2.24, 2.45) is 0 Å². The lowest BCUT2D eigenvalue weighted by molar-refractivity contribution is -0.137. The molecular weight excluding hydrogens is 428 g/mol. The van der Waals surface area contributed by atoms with E-state index < -0.39 is 12.0 Å². The lowest BCUT2D eigenvalue weighted by Gasteiger charge is -2.34. The number of aliphatic carboxylic acids is 1. The molecule has 0 saturated carbocycles. The van der Waals surface area contributed by atoms with Crippen LogP contribution < -0.4 is 5.32 Å². The zero-order valence-corrected chi connectivity index (χ0v) is 18.5. The lowest BCUT2D eigenvalue weighted by atomic mass is 10.0. The van der Waals surface area contributed by atoms with Crippen LogP contribution >= 0.6 is 11.3 Å². The summed E-state index contributed by atoms with van der Waals surface area (Å²) in [6.45, 7) is 2.96. The summed E-state index contributed by atoms with van der Waals surface area (Å²) in [6.07, 6.45) is 1.87. The number of aryl methyl sites for hydroxylation is 1. The Kier molecular flexibility index (Phi) is 6.36. The van der Waals surface area contributed by atoms with Gasteiger partial charge in [0.05, 0.1) is 35.6 Å². The molecule has 1 aliphatic rings. The third-order valence-electron chi connectivity index (χ3n) is 5.65. The molecule has 1 atom stereocenters. The van der Waals surface area contributed by atoms with Crippen LogP contribution in [-0.2, 0) is 29.1 Å². The second kappa shape index (κ2) is 9.35. The van der Waals surface area contributed by atoms with Gasteiger partial charge >= 0.3 is 5.97 Å². The van der Waals surface area contributed by atoms with Crippen LogP contribution in [-0.4, -0.2) is 49.9 Å². The SMILES string of the molecule is Cc1ccccc1Cn1cnc2c1CN(C(=O)c1cccs1)C(C(=O)NCCC(=O)O)C2. The molecular formula is C23H24N4O4S. The molecule has 0 saturated heterocycles. The fourth-order valence-electron chi connectivity index (χ4n) is 3.87. The first-order valence-electron chi connectivity index (χ1n) is 10.4. The fourth-order valence-corrected chi connectivity index (χ4v) is 4.55. The van der Waals surface area contributed by atoms with Crippen LogP contribution in [0.3, 0.4) is 0 Å². The Morgan fingerprint density at radius 1 is 1.22 bits per heavy atom. The normalized spacial score (nSPS) is 15.3. The molecule has 2 amide bonds. The standard InChI is InChI=1S/C23H24N4O4S/c1-15-5-2-3-6-16(15)12-26-14-25-17-11-18(22(30)24-9-8-21(28)29)27(13-19(17)26)23(31)20-7-4-10-32-20/h2-7,10,14,18H,8-9,11-13H2,1H3,(H,24,30)(H,28,29). The summed E-state index contributed by atoms with van der Waals surface area (Å²) >= 11 is 1.33. The number of hydrogen-bond acceptors (Lipinski definition) is 5. The third kappa shape index (κ3) is 4.57. The molecule has 2 N–H and O–H groups in total. The monoisotopic (exact) mass is 452 g/mol. The smallest absolute Gasteiger partial charge is 0.305 e. The summed E-state index contributed by atoms with van der Waals surface area (Å²) in [4.78, 5) is 43.6. The highest BCUT2D eigenvalue weighted by Gasteiger charge is 2.37. The second-order valence-electron chi connectivity index (χ2n) is 7.76. The van der Waals surface area contributed by atoms with Crippen LogP contribution in [0.1, 0.15) is 38.6 Å². The number of carboxylic acid groups (broad SMARTS) is 1. The van der Waals surface area contributed by atoms with Crippen molar-refractivity contribution in [2.75, 3.05) is 6.54 Å². The molecule has 8 nitrogen and oxygen atoms in total. The van der Waals surface area contributed by atoms with E-state index in [9.17, 15) is 14.4 Å². The number of hydrogen-bond donors (Lipinski definition) is 2. The largest absolute Gasteiger partial charge is 0.481 e. The Morgan fingerprint density at radius 2 is 2.03 bits per heavy atom. The Hall–Kier alpha value is -3.46. The Balaban J connectivity index is 1.61. The van der Waals surface area contributed by atoms with E-state index in [1.807, 2.05) is 22.1 Å². The summed E-state index contributed by atoms with van der Waals surface area (Å²) in [6, 6.07) is 10.9. The Labute approximate surface area is 189 Å². The molecule has 9 heteroatoms. The van der Waals surface area contributed by atoms with Crippen molar-refractivity contribution in [1.82, 2.24) is 19.8 Å². The number of carbonyl (C=O) groups is 3. The van der Waals surface area contributed by atoms with Crippen molar-refractivity contribution in [3.05, 3.63) is 75.5 Å². The van der Waals surface area contributed by atoms with E-state index in [0.717, 1.165) is 17.0 Å². The number of nitrogens with one attached hydrogen (secondary N) is 1. The summed E-state index contributed by atoms with van der Waals surface area (Å²) in [5, 5.41) is 13.3. The zero-order chi connectivity index (χ0) is 22.7. The minimum Gasteiger partial charge on any atom is -0.481 e. The lowest BCUT2D eigenvalue weighted by Crippen LogP contribution is -2.53. The van der Waals surface area contributed by atoms with Gasteiger partial charge < -0.3 is 19.9 Å². The number of carboxylic acids is 1. The van der Waals surface area contributed by atoms with E-state index in [1.54, 1.807) is 23.4 Å². The van der Waals surface area contributed by atoms with E-state index in [0.29, 0.717) is 11.4 Å². The maximum absolute atomic E-state index is 13.2. The number of benzene rings is 1. The molecule has 4 rings (SSSR count). The summed E-state index contributed by atoms with van der Waals surface area (Å²) < 4.78 is 2.03. The van der Waals surface area contributed by atoms with Gasteiger partial charge in [-0.2, -0.15) is 0 Å². The molecule has 0 aliphatic carbocycles. The highest BCUT2D eigenvalue weighted by molar-refractivity contribution is 7.12. The molecule has 3 aromatic rings. The third-order valence-corrected chi connectivity index (χ3v) is 6.51. The summed E-state index contributed by atoms with van der Waals surface area (Å²) in [7, 11) is 0. The number of imidazole rings is 1. The number of amides is 2. The van der Waals surface area contributed by atoms with E-state index in [2.05, 4.69) is 29.4 Å². The maximum atomic E-state index is 13.2. The minimum absolute atomic E-state index is 0.0142. The summed E-state index contributed by atoms with van der Waals surface area (Å²) in [5.41, 5.74) is 4.03. The molecule has 0 fully saturated rings. The second-order valence-corrected chi connectivity index (χ2v) is 8.71. The van der Waals surface area contributed by atoms with Gasteiger partial charge in [-0.1, -0.05) is 30.3 Å². The quantitative estimate of drug-likeness (QED) is 0.573. The number of rotatable bonds is 7. The molecule has 0 radical (unpaired) electrons. The van der Waals surface area contributed by atoms with Gasteiger partial charge in [-0.25, -0.2) is 4.98 Å². The van der Waals surface area contributed by atoms with Crippen LogP contribution in [0.25, 0.3) is 0 Å². The first-order valence-corrected chi connectivity index (χ1v) is 11.2. The van der Waals surface area contributed by atoms with Crippen molar-refractivity contribution < 1.29 is 19.5 Å². The Morgan fingerprint density at radius 3 is 2.75 bits per heavy atom. The zero-order valence-electron chi connectivity index (χ0n) is 17.7. The predicted octanol–water partition coefficient (Wildman–Crippen LogP) is 2.46. The highest BCUT2D eigenvalue weighted by Crippen LogP contribution is 2.27. The van der Waals surface area contributed by atoms with Gasteiger partial charge in [-0.15, -0.1) is 11.3 Å². The van der Waals surface area contributed by atoms with Crippen LogP contribution in [0, 0.1) is 6.92 Å². The number of thiophene rings is 1. The van der Waals surface area contributed by atoms with Crippen LogP contribution in [0.5, 0.6) is 0 Å². The van der Waals surface area contributed by atoms with Gasteiger partial charge in [0, 0.05) is 19.5 Å². The van der Waals surface area contributed by atoms with E-state index in [-0.39, 0.29) is 37.7 Å². The molecule has 1 aromatic carbocycles. The first-order chi connectivity index (χ1) is 15.4. The van der Waals surface area contributed by atoms with Gasteiger partial charge in [-0.3, -0.25) is 14.4 Å². The first kappa shape index (κ1) is 21.8. The van der Waals surface area contributed by atoms with E-state index in [4.69, 9.17) is 5.11 Å². The van der Waals surface area contributed by atoms with Crippen LogP contribution in [0.2, 0.25) is 0 Å². The van der Waals surface area contributed by atoms with Crippen molar-refractivity contribution in [3.8, 4) is 0 Å². The Bertz CT molecular complexity index is 1140. The average Bonchev–Trinajstić information content (AvgIpc) is 3.44. The maximum Gasteiger partial charge on any atom is 0.305 e. The number of fused-ring (bicyclic) bond motifs is 1. The summed E-state index contributed by atoms with van der Waals surface area (Å²) in [5.74, 6) is -1.57. The fraction of sp³-hybridized carbons (Fsp3) is 0.304. The van der Waals surface area contributed by atoms with Gasteiger partial charge in [-0.05, 0) is 29.5 Å². The molecule has 2 aromatic heterocycles. The van der Waals surface area contributed by atoms with Crippen LogP contribution in [0.4, 0.5) is 0 Å². The van der Waals surface area contributed by atoms with Crippen molar-refractivity contribution in [2.45, 2.75) is 38.9 Å². The van der Waals surface area contributed by atoms with Crippen LogP contribution in [0.15, 0.2) is 48.1 Å². The van der Waals surface area contributed by atoms with Gasteiger partial charge in [0.2, 0.25) is 5.91 Å². The molecule has 1 unspecified atom stereocenters. The average molecular weight is 453 g/mol. The van der Waals surface area contributed by atoms with Gasteiger partial charge in [0.25, 0.3) is 5.91 Å². The van der Waals surface area contributed by atoms with Gasteiger partial charge in [0.15, 0.2) is 0 Å². The molecule has 1 aliphatic heterocycles.